The maximum absolute atomic E-state index is 10.0. The van der Waals surface area contributed by atoms with Crippen LogP contribution in [-0.4, -0.2) is 38.2 Å². The van der Waals surface area contributed by atoms with E-state index in [2.05, 4.69) is 5.10 Å². The summed E-state index contributed by atoms with van der Waals surface area (Å²) in [6.45, 7) is 6.80. The van der Waals surface area contributed by atoms with Crippen molar-refractivity contribution < 1.29 is 14.8 Å². The molecule has 1 fully saturated rings. The van der Waals surface area contributed by atoms with E-state index in [9.17, 15) is 10.1 Å². The topological polar surface area (TPSA) is 67.5 Å². The van der Waals surface area contributed by atoms with Crippen molar-refractivity contribution in [2.75, 3.05) is 0 Å². The van der Waals surface area contributed by atoms with Crippen molar-refractivity contribution in [1.82, 2.24) is 9.78 Å². The molecule has 2 rings (SSSR count). The van der Waals surface area contributed by atoms with E-state index in [1.165, 1.54) is 0 Å². The third-order valence-corrected chi connectivity index (χ3v) is 3.68. The zero-order valence-electron chi connectivity index (χ0n) is 11.4. The van der Waals surface area contributed by atoms with Crippen LogP contribution < -0.4 is 5.59 Å². The second-order valence-corrected chi connectivity index (χ2v) is 5.99. The van der Waals surface area contributed by atoms with Crippen molar-refractivity contribution in [3.05, 3.63) is 12.3 Å². The van der Waals surface area contributed by atoms with Gasteiger partial charge in [-0.1, -0.05) is 0 Å². The molecule has 0 radical (unpaired) electrons. The summed E-state index contributed by atoms with van der Waals surface area (Å²) in [7, 11) is -1.12. The van der Waals surface area contributed by atoms with Crippen LogP contribution in [0, 0.1) is 0 Å². The minimum Gasteiger partial charge on any atom is -0.422 e. The molecule has 1 heterocycles. The Labute approximate surface area is 108 Å². The van der Waals surface area contributed by atoms with Crippen molar-refractivity contribution in [1.29, 1.82) is 0 Å². The van der Waals surface area contributed by atoms with Crippen LogP contribution in [-0.2, 0) is 4.65 Å². The molecular formula is C12H21BN2O3. The molecule has 1 aromatic rings. The highest BCUT2D eigenvalue weighted by Crippen LogP contribution is 2.33. The third-order valence-electron chi connectivity index (χ3n) is 3.68. The Balaban J connectivity index is 2.04. The van der Waals surface area contributed by atoms with E-state index in [4.69, 9.17) is 4.65 Å². The van der Waals surface area contributed by atoms with Crippen LogP contribution in [0.2, 0.25) is 0 Å². The molecule has 0 unspecified atom stereocenters. The van der Waals surface area contributed by atoms with E-state index in [1.54, 1.807) is 33.8 Å². The van der Waals surface area contributed by atoms with Gasteiger partial charge in [0.1, 0.15) is 0 Å². The molecule has 0 spiro atoms. The highest BCUT2D eigenvalue weighted by molar-refractivity contribution is 6.59. The zero-order valence-corrected chi connectivity index (χ0v) is 11.4. The molecule has 1 saturated carbocycles. The quantitative estimate of drug-likeness (QED) is 0.747. The fourth-order valence-electron chi connectivity index (χ4n) is 1.51. The van der Waals surface area contributed by atoms with Crippen LogP contribution in [0.15, 0.2) is 12.3 Å². The first-order chi connectivity index (χ1) is 8.21. The minimum absolute atomic E-state index is 0.480. The summed E-state index contributed by atoms with van der Waals surface area (Å²) in [5.74, 6) is 0. The molecule has 0 aromatic carbocycles. The largest absolute Gasteiger partial charge is 0.513 e. The highest BCUT2D eigenvalue weighted by Gasteiger charge is 2.40. The maximum Gasteiger partial charge on any atom is 0.513 e. The predicted molar refractivity (Wildman–Crippen MR) is 69.6 cm³/mol. The van der Waals surface area contributed by atoms with Gasteiger partial charge in [0.2, 0.25) is 0 Å². The molecule has 0 atom stereocenters. The average Bonchev–Trinajstić information content (AvgIpc) is 2.94. The number of rotatable bonds is 5. The molecule has 1 aromatic heterocycles. The standard InChI is InChI=1S/C12H21BN2O3/c1-11(2,16)12(3,4)18-13(17)10-7-8-15(14-10)9-5-6-9/h7-9,16-17H,5-6H2,1-4H3. The molecule has 1 aliphatic rings. The van der Waals surface area contributed by atoms with Crippen LogP contribution in [0.3, 0.4) is 0 Å². The van der Waals surface area contributed by atoms with Gasteiger partial charge in [-0.05, 0) is 46.6 Å². The molecule has 0 saturated heterocycles. The molecule has 0 bridgehead atoms. The van der Waals surface area contributed by atoms with E-state index in [0.29, 0.717) is 11.6 Å². The van der Waals surface area contributed by atoms with Crippen LogP contribution in [0.1, 0.15) is 46.6 Å². The lowest BCUT2D eigenvalue weighted by atomic mass is 9.80. The molecule has 5 nitrogen and oxygen atoms in total. The van der Waals surface area contributed by atoms with E-state index >= 15 is 0 Å². The Bertz CT molecular complexity index is 421. The van der Waals surface area contributed by atoms with Crippen molar-refractivity contribution in [2.24, 2.45) is 0 Å². The summed E-state index contributed by atoms with van der Waals surface area (Å²) < 4.78 is 7.39. The molecule has 0 amide bonds. The lowest BCUT2D eigenvalue weighted by Gasteiger charge is -2.38. The van der Waals surface area contributed by atoms with Crippen molar-refractivity contribution in [3.63, 3.8) is 0 Å². The summed E-state index contributed by atoms with van der Waals surface area (Å²) in [5.41, 5.74) is -1.43. The third kappa shape index (κ3) is 2.76. The van der Waals surface area contributed by atoms with Gasteiger partial charge in [-0.2, -0.15) is 5.10 Å². The molecule has 0 aliphatic heterocycles. The van der Waals surface area contributed by atoms with E-state index in [-0.39, 0.29) is 0 Å². The zero-order chi connectivity index (χ0) is 13.6. The lowest BCUT2D eigenvalue weighted by molar-refractivity contribution is -0.0983. The van der Waals surface area contributed by atoms with Crippen molar-refractivity contribution in [2.45, 2.75) is 57.8 Å². The van der Waals surface area contributed by atoms with Crippen molar-refractivity contribution in [3.8, 4) is 0 Å². The number of aromatic nitrogens is 2. The summed E-state index contributed by atoms with van der Waals surface area (Å²) >= 11 is 0. The van der Waals surface area contributed by atoms with Gasteiger partial charge in [-0.3, -0.25) is 4.68 Å². The Morgan fingerprint density at radius 1 is 1.39 bits per heavy atom. The van der Waals surface area contributed by atoms with Crippen LogP contribution in [0.25, 0.3) is 0 Å². The fraction of sp³-hybridized carbons (Fsp3) is 0.750. The van der Waals surface area contributed by atoms with Gasteiger partial charge in [-0.25, -0.2) is 0 Å². The fourth-order valence-corrected chi connectivity index (χ4v) is 1.51. The monoisotopic (exact) mass is 252 g/mol. The van der Waals surface area contributed by atoms with Gasteiger partial charge in [0.05, 0.1) is 22.8 Å². The van der Waals surface area contributed by atoms with Crippen LogP contribution in [0.4, 0.5) is 0 Å². The molecule has 2 N–H and O–H groups in total. The normalized spacial score (nSPS) is 17.0. The highest BCUT2D eigenvalue weighted by atomic mass is 16.5. The van der Waals surface area contributed by atoms with Gasteiger partial charge in [0.25, 0.3) is 0 Å². The lowest BCUT2D eigenvalue weighted by Crippen LogP contribution is -2.53. The number of hydrogen-bond donors (Lipinski definition) is 2. The van der Waals surface area contributed by atoms with Gasteiger partial charge >= 0.3 is 7.12 Å². The predicted octanol–water partition coefficient (Wildman–Crippen LogP) is 0.472. The van der Waals surface area contributed by atoms with Gasteiger partial charge in [-0.15, -0.1) is 0 Å². The summed E-state index contributed by atoms with van der Waals surface area (Å²) in [6.07, 6.45) is 4.15. The molecule has 18 heavy (non-hydrogen) atoms. The van der Waals surface area contributed by atoms with Gasteiger partial charge < -0.3 is 14.8 Å². The first-order valence-corrected chi connectivity index (χ1v) is 6.34. The van der Waals surface area contributed by atoms with E-state index < -0.39 is 18.3 Å². The Hall–Kier alpha value is -0.845. The number of aliphatic hydroxyl groups is 1. The Morgan fingerprint density at radius 3 is 2.50 bits per heavy atom. The van der Waals surface area contributed by atoms with E-state index in [1.807, 2.05) is 10.9 Å². The first-order valence-electron chi connectivity index (χ1n) is 6.34. The number of nitrogens with zero attached hydrogens (tertiary/aromatic N) is 2. The second kappa shape index (κ2) is 4.37. The average molecular weight is 252 g/mol. The Morgan fingerprint density at radius 2 is 2.00 bits per heavy atom. The van der Waals surface area contributed by atoms with Gasteiger partial charge in [0, 0.05) is 6.20 Å². The minimum atomic E-state index is -1.12. The van der Waals surface area contributed by atoms with Crippen LogP contribution >= 0.6 is 0 Å². The van der Waals surface area contributed by atoms with Crippen LogP contribution in [0.5, 0.6) is 0 Å². The SMILES string of the molecule is CC(C)(O)C(C)(C)OB(O)c1ccn(C2CC2)n1. The first kappa shape index (κ1) is 13.6. The van der Waals surface area contributed by atoms with Crippen molar-refractivity contribution >= 4 is 12.7 Å². The smallest absolute Gasteiger partial charge is 0.422 e. The van der Waals surface area contributed by atoms with Gasteiger partial charge in [0.15, 0.2) is 0 Å². The molecular weight excluding hydrogens is 231 g/mol. The molecule has 1 aliphatic carbocycles. The Kier molecular flexibility index (Phi) is 3.29. The second-order valence-electron chi connectivity index (χ2n) is 5.99. The number of hydrogen-bond acceptors (Lipinski definition) is 4. The summed E-state index contributed by atoms with van der Waals surface area (Å²) in [4.78, 5) is 0. The molecule has 6 heteroatoms. The summed E-state index contributed by atoms with van der Waals surface area (Å²) in [5, 5.41) is 24.3. The summed E-state index contributed by atoms with van der Waals surface area (Å²) in [6, 6.07) is 2.23. The van der Waals surface area contributed by atoms with E-state index in [0.717, 1.165) is 12.8 Å². The maximum atomic E-state index is 10.0. The molecule has 100 valence electrons.